The highest BCUT2D eigenvalue weighted by Gasteiger charge is 2.64. The molecule has 0 aromatic heterocycles. The van der Waals surface area contributed by atoms with Crippen molar-refractivity contribution in [3.05, 3.63) is 76.3 Å². The fraction of sp³-hybridized carbons (Fsp3) is 0.487. The molecule has 8 atom stereocenters. The molecule has 4 N–H and O–H groups in total. The van der Waals surface area contributed by atoms with Gasteiger partial charge in [0.2, 0.25) is 5.91 Å². The first-order chi connectivity index (χ1) is 25.4. The quantitative estimate of drug-likeness (QED) is 0.215. The Morgan fingerprint density at radius 3 is 2.52 bits per heavy atom. The number of anilines is 2. The molecule has 2 aromatic carbocycles. The van der Waals surface area contributed by atoms with Crippen LogP contribution in [0.25, 0.3) is 0 Å². The number of alkyl carbamates (subject to hydrolysis) is 1. The highest BCUT2D eigenvalue weighted by Crippen LogP contribution is 2.49. The van der Waals surface area contributed by atoms with E-state index in [0.717, 1.165) is 11.1 Å². The van der Waals surface area contributed by atoms with Crippen molar-refractivity contribution in [2.75, 3.05) is 38.9 Å². The minimum atomic E-state index is -1.84. The van der Waals surface area contributed by atoms with E-state index < -0.39 is 71.6 Å². The van der Waals surface area contributed by atoms with E-state index in [0.29, 0.717) is 29.1 Å². The molecule has 0 radical (unpaired) electrons. The van der Waals surface area contributed by atoms with Crippen molar-refractivity contribution in [2.24, 2.45) is 5.92 Å². The number of epoxide rings is 1. The summed E-state index contributed by atoms with van der Waals surface area (Å²) < 4.78 is 29.2. The fourth-order valence-electron chi connectivity index (χ4n) is 7.01. The number of ether oxygens (including phenoxy) is 5. The van der Waals surface area contributed by atoms with Gasteiger partial charge in [0.05, 0.1) is 25.3 Å². The van der Waals surface area contributed by atoms with E-state index in [1.165, 1.54) is 38.0 Å². The van der Waals surface area contributed by atoms with Crippen LogP contribution in [-0.4, -0.2) is 104 Å². The molecule has 0 saturated carbocycles. The van der Waals surface area contributed by atoms with Crippen LogP contribution in [0.5, 0.6) is 5.75 Å². The van der Waals surface area contributed by atoms with E-state index in [2.05, 4.69) is 5.32 Å². The van der Waals surface area contributed by atoms with Crippen molar-refractivity contribution in [1.29, 1.82) is 0 Å². The van der Waals surface area contributed by atoms with Crippen LogP contribution in [-0.2, 0) is 35.0 Å². The Hall–Kier alpha value is -4.63. The molecule has 292 valence electrons. The largest absolute Gasteiger partial charge is 0.495 e. The number of carbonyl (C=O) groups is 4. The number of amides is 3. The van der Waals surface area contributed by atoms with Gasteiger partial charge >= 0.3 is 12.1 Å². The number of esters is 1. The summed E-state index contributed by atoms with van der Waals surface area (Å²) in [5.74, 6) is -1.84. The zero-order valence-electron chi connectivity index (χ0n) is 31.8. The van der Waals surface area contributed by atoms with Crippen molar-refractivity contribution in [2.45, 2.75) is 88.7 Å². The molecule has 3 amide bonds. The topological polar surface area (TPSA) is 182 Å². The number of halogens is 1. The highest BCUT2D eigenvalue weighted by atomic mass is 35.5. The van der Waals surface area contributed by atoms with Crippen LogP contribution in [0.2, 0.25) is 5.02 Å². The third-order valence-electron chi connectivity index (χ3n) is 10.6. The molecule has 2 fully saturated rings. The highest BCUT2D eigenvalue weighted by molar-refractivity contribution is 6.35. The van der Waals surface area contributed by atoms with Gasteiger partial charge < -0.3 is 44.3 Å². The predicted molar refractivity (Wildman–Crippen MR) is 201 cm³/mol. The maximum absolute atomic E-state index is 14.2. The van der Waals surface area contributed by atoms with Gasteiger partial charge in [-0.2, -0.15) is 0 Å². The van der Waals surface area contributed by atoms with Gasteiger partial charge in [-0.05, 0) is 69.2 Å². The first-order valence-corrected chi connectivity index (χ1v) is 18.0. The molecule has 54 heavy (non-hydrogen) atoms. The summed E-state index contributed by atoms with van der Waals surface area (Å²) in [4.78, 5) is 56.8. The number of benzene rings is 2. The lowest BCUT2D eigenvalue weighted by molar-refractivity contribution is -0.158. The number of nitrogens with two attached hydrogens (primary N) is 1. The smallest absolute Gasteiger partial charge is 0.409 e. The third-order valence-corrected chi connectivity index (χ3v) is 11.0. The van der Waals surface area contributed by atoms with Gasteiger partial charge in [-0.1, -0.05) is 42.3 Å². The molecule has 15 heteroatoms. The maximum atomic E-state index is 14.2. The number of hydrogen-bond donors (Lipinski definition) is 3. The summed E-state index contributed by atoms with van der Waals surface area (Å²) in [6, 6.07) is 8.80. The minimum absolute atomic E-state index is 0.0628. The van der Waals surface area contributed by atoms with E-state index >= 15 is 0 Å². The summed E-state index contributed by atoms with van der Waals surface area (Å²) in [6.07, 6.45) is 0.785. The van der Waals surface area contributed by atoms with Gasteiger partial charge in [0.15, 0.2) is 5.72 Å². The van der Waals surface area contributed by atoms with E-state index in [9.17, 15) is 24.3 Å². The van der Waals surface area contributed by atoms with Crippen LogP contribution < -0.4 is 20.7 Å². The minimum Gasteiger partial charge on any atom is -0.495 e. The monoisotopic (exact) mass is 768 g/mol. The molecule has 14 nitrogen and oxygen atoms in total. The second-order valence-electron chi connectivity index (χ2n) is 14.4. The third kappa shape index (κ3) is 8.36. The number of allylic oxidation sites excluding steroid dienone is 3. The second kappa shape index (κ2) is 16.0. The van der Waals surface area contributed by atoms with E-state index in [4.69, 9.17) is 41.0 Å². The van der Waals surface area contributed by atoms with Crippen molar-refractivity contribution < 1.29 is 48.0 Å². The molecule has 5 rings (SSSR count). The molecular weight excluding hydrogens is 720 g/mol. The van der Waals surface area contributed by atoms with Crippen LogP contribution in [0, 0.1) is 5.92 Å². The molecule has 3 aliphatic rings. The lowest BCUT2D eigenvalue weighted by Crippen LogP contribution is -2.63. The lowest BCUT2D eigenvalue weighted by Gasteiger charge is -2.42. The Morgan fingerprint density at radius 1 is 1.19 bits per heavy atom. The summed E-state index contributed by atoms with van der Waals surface area (Å²) >= 11 is 6.76. The summed E-state index contributed by atoms with van der Waals surface area (Å²) in [6.45, 7) is 6.93. The number of likely N-dealkylation sites (N-methyl/N-ethyl adjacent to an activating group) is 1. The molecular formula is C39H49ClN4O10. The maximum Gasteiger partial charge on any atom is 0.409 e. The predicted octanol–water partition coefficient (Wildman–Crippen LogP) is 4.41. The lowest BCUT2D eigenvalue weighted by atomic mass is 9.83. The fourth-order valence-corrected chi connectivity index (χ4v) is 7.32. The van der Waals surface area contributed by atoms with E-state index in [1.54, 1.807) is 69.4 Å². The number of nitrogen functional groups attached to an aromatic ring is 1. The van der Waals surface area contributed by atoms with Crippen LogP contribution in [0.1, 0.15) is 56.5 Å². The standard InChI is InChI=1S/C39H49ClN4O10/c1-21-10-9-11-30(51-8)39(49)20-29(52-37(48)42-39)22(2)34-38(4,54-34)31(19-32(45)44(6)27-17-24(16-21)18-28(50-7)33(27)40)53-36(47)23(3)43(5)35(46)25-12-14-26(41)15-13-25/h9-15,17-18,22-23,29-31,34,49H,16,19-20,41H2,1-8H3,(H,42,48)/b11-9+,21-10+/t22-,23+,29+,30-,31+,34+,38+,39+/m1/s1. The number of aliphatic hydroxyl groups is 1. The normalized spacial score (nSPS) is 30.7. The number of nitrogens with one attached hydrogen (secondary N) is 1. The van der Waals surface area contributed by atoms with Crippen molar-refractivity contribution in [3.8, 4) is 5.75 Å². The Labute approximate surface area is 320 Å². The van der Waals surface area contributed by atoms with Crippen LogP contribution in [0.15, 0.2) is 60.2 Å². The zero-order chi connectivity index (χ0) is 39.7. The number of nitrogens with zero attached hydrogens (tertiary/aromatic N) is 2. The van der Waals surface area contributed by atoms with Crippen LogP contribution >= 0.6 is 11.6 Å². The first-order valence-electron chi connectivity index (χ1n) is 17.6. The molecule has 0 unspecified atom stereocenters. The van der Waals surface area contributed by atoms with Gasteiger partial charge in [-0.25, -0.2) is 9.59 Å². The van der Waals surface area contributed by atoms with Crippen molar-refractivity contribution in [1.82, 2.24) is 10.2 Å². The average Bonchev–Trinajstić information content (AvgIpc) is 3.83. The second-order valence-corrected chi connectivity index (χ2v) is 14.8. The summed E-state index contributed by atoms with van der Waals surface area (Å²) in [7, 11) is 5.95. The summed E-state index contributed by atoms with van der Waals surface area (Å²) in [5.41, 5.74) is 5.60. The number of methoxy groups -OCH3 is 2. The van der Waals surface area contributed by atoms with Gasteiger partial charge in [0.25, 0.3) is 5.91 Å². The van der Waals surface area contributed by atoms with E-state index in [1.807, 2.05) is 13.0 Å². The van der Waals surface area contributed by atoms with E-state index in [-0.39, 0.29) is 17.9 Å². The Bertz CT molecular complexity index is 1840. The first kappa shape index (κ1) is 40.6. The molecule has 3 heterocycles. The van der Waals surface area contributed by atoms with Gasteiger partial charge in [-0.15, -0.1) is 0 Å². The van der Waals surface area contributed by atoms with Gasteiger partial charge in [0, 0.05) is 44.8 Å². The number of fused-ring (bicyclic) bond motifs is 5. The van der Waals surface area contributed by atoms with Crippen LogP contribution in [0.4, 0.5) is 16.2 Å². The van der Waals surface area contributed by atoms with Crippen LogP contribution in [0.3, 0.4) is 0 Å². The Morgan fingerprint density at radius 2 is 1.87 bits per heavy atom. The van der Waals surface area contributed by atoms with Crippen molar-refractivity contribution in [3.63, 3.8) is 0 Å². The molecule has 2 aromatic rings. The number of hydrogen-bond acceptors (Lipinski definition) is 11. The summed E-state index contributed by atoms with van der Waals surface area (Å²) in [5, 5.41) is 14.5. The van der Waals surface area contributed by atoms with Gasteiger partial charge in [-0.3, -0.25) is 14.9 Å². The SMILES string of the molecule is COc1cc2cc(c1Cl)N(C)C(=O)C[C@H](OC(=O)[C@H](C)N(C)C(=O)c1ccc(N)cc1)[C@]1(C)O[C@H]1[C@H](C)[C@@H]1C[C@@](O)(NC(=O)O1)[C@H](OC)/C=C/C=C(\C)C2. The van der Waals surface area contributed by atoms with Gasteiger partial charge in [0.1, 0.15) is 40.7 Å². The zero-order valence-corrected chi connectivity index (χ0v) is 32.5. The Balaban J connectivity index is 1.52. The molecule has 0 spiro atoms. The average molecular weight is 769 g/mol. The Kier molecular flexibility index (Phi) is 12.0. The number of carbonyl (C=O) groups excluding carboxylic acids is 4. The molecule has 4 bridgehead atoms. The van der Waals surface area contributed by atoms with Crippen molar-refractivity contribution >= 4 is 46.9 Å². The number of rotatable bonds is 6. The molecule has 0 aliphatic carbocycles. The molecule has 3 aliphatic heterocycles. The molecule has 2 saturated heterocycles.